The number of rotatable bonds is 4. The van der Waals surface area contributed by atoms with Crippen LogP contribution in [0, 0.1) is 12.8 Å². The fourth-order valence-electron chi connectivity index (χ4n) is 3.24. The molecular formula is C20H25N3O2. The zero-order valence-corrected chi connectivity index (χ0v) is 15.1. The van der Waals surface area contributed by atoms with Gasteiger partial charge in [0.1, 0.15) is 11.4 Å². The van der Waals surface area contributed by atoms with Crippen LogP contribution in [0.15, 0.2) is 36.5 Å². The third kappa shape index (κ3) is 4.10. The van der Waals surface area contributed by atoms with Crippen molar-refractivity contribution in [3.05, 3.63) is 47.8 Å². The molecule has 1 amide bonds. The molecule has 1 aromatic heterocycles. The van der Waals surface area contributed by atoms with Crippen molar-refractivity contribution in [3.63, 3.8) is 0 Å². The van der Waals surface area contributed by atoms with Gasteiger partial charge in [-0.25, -0.2) is 4.98 Å². The Morgan fingerprint density at radius 2 is 2.16 bits per heavy atom. The summed E-state index contributed by atoms with van der Waals surface area (Å²) in [6, 6.07) is 9.44. The molecule has 0 bridgehead atoms. The van der Waals surface area contributed by atoms with Crippen LogP contribution in [0.5, 0.6) is 5.75 Å². The van der Waals surface area contributed by atoms with Crippen LogP contribution in [0.1, 0.15) is 35.8 Å². The molecule has 0 saturated carbocycles. The van der Waals surface area contributed by atoms with E-state index in [1.165, 1.54) is 12.8 Å². The number of carbonyl (C=O) groups is 1. The molecule has 1 aliphatic heterocycles. The molecule has 1 fully saturated rings. The zero-order valence-electron chi connectivity index (χ0n) is 15.1. The van der Waals surface area contributed by atoms with Gasteiger partial charge in [0.25, 0.3) is 5.91 Å². The number of amides is 1. The Balaban J connectivity index is 1.72. The summed E-state index contributed by atoms with van der Waals surface area (Å²) >= 11 is 0. The Bertz CT molecular complexity index is 743. The van der Waals surface area contributed by atoms with Gasteiger partial charge in [-0.05, 0) is 55.5 Å². The summed E-state index contributed by atoms with van der Waals surface area (Å²) in [5.41, 5.74) is 3.19. The number of aromatic nitrogens is 1. The fraction of sp³-hybridized carbons (Fsp3) is 0.400. The molecule has 5 heteroatoms. The van der Waals surface area contributed by atoms with Gasteiger partial charge in [-0.3, -0.25) is 4.79 Å². The van der Waals surface area contributed by atoms with Crippen LogP contribution in [0.4, 0.5) is 11.4 Å². The lowest BCUT2D eigenvalue weighted by Gasteiger charge is -2.32. The standard InChI is InChI=1S/C20H25N3O2/c1-14-6-9-19(25-3)18(11-14)22-20(24)17-8-7-16(12-21-17)23-10-4-5-15(2)13-23/h6-9,11-12,15H,4-5,10,13H2,1-3H3,(H,22,24). The summed E-state index contributed by atoms with van der Waals surface area (Å²) in [7, 11) is 1.59. The van der Waals surface area contributed by atoms with E-state index in [1.54, 1.807) is 19.4 Å². The average Bonchev–Trinajstić information content (AvgIpc) is 2.62. The first-order valence-electron chi connectivity index (χ1n) is 8.74. The number of aryl methyl sites for hydroxylation is 1. The van der Waals surface area contributed by atoms with Crippen molar-refractivity contribution in [2.45, 2.75) is 26.7 Å². The highest BCUT2D eigenvalue weighted by Crippen LogP contribution is 2.26. The number of methoxy groups -OCH3 is 1. The highest BCUT2D eigenvalue weighted by molar-refractivity contribution is 6.03. The number of carbonyl (C=O) groups excluding carboxylic acids is 1. The minimum atomic E-state index is -0.234. The van der Waals surface area contributed by atoms with Gasteiger partial charge in [0.2, 0.25) is 0 Å². The van der Waals surface area contributed by atoms with Gasteiger partial charge in [-0.1, -0.05) is 13.0 Å². The van der Waals surface area contributed by atoms with Crippen molar-refractivity contribution < 1.29 is 9.53 Å². The summed E-state index contributed by atoms with van der Waals surface area (Å²) in [5.74, 6) is 1.10. The number of nitrogens with one attached hydrogen (secondary N) is 1. The molecule has 0 spiro atoms. The summed E-state index contributed by atoms with van der Waals surface area (Å²) < 4.78 is 5.30. The summed E-state index contributed by atoms with van der Waals surface area (Å²) in [6.45, 7) is 6.35. The number of benzene rings is 1. The van der Waals surface area contributed by atoms with Gasteiger partial charge < -0.3 is 15.0 Å². The predicted molar refractivity (Wildman–Crippen MR) is 101 cm³/mol. The fourth-order valence-corrected chi connectivity index (χ4v) is 3.24. The molecule has 3 rings (SSSR count). The van der Waals surface area contributed by atoms with E-state index in [-0.39, 0.29) is 5.91 Å². The van der Waals surface area contributed by atoms with Crippen LogP contribution in [0.25, 0.3) is 0 Å². The van der Waals surface area contributed by atoms with Crippen molar-refractivity contribution in [2.75, 3.05) is 30.4 Å². The van der Waals surface area contributed by atoms with Gasteiger partial charge >= 0.3 is 0 Å². The first-order valence-corrected chi connectivity index (χ1v) is 8.74. The lowest BCUT2D eigenvalue weighted by Crippen LogP contribution is -2.34. The molecule has 1 N–H and O–H groups in total. The van der Waals surface area contributed by atoms with Gasteiger partial charge in [-0.2, -0.15) is 0 Å². The van der Waals surface area contributed by atoms with E-state index in [1.807, 2.05) is 31.2 Å². The Kier molecular flexibility index (Phi) is 5.22. The Morgan fingerprint density at radius 1 is 1.32 bits per heavy atom. The molecule has 132 valence electrons. The topological polar surface area (TPSA) is 54.5 Å². The molecule has 5 nitrogen and oxygen atoms in total. The lowest BCUT2D eigenvalue weighted by molar-refractivity contribution is 0.102. The number of nitrogens with zero attached hydrogens (tertiary/aromatic N) is 2. The van der Waals surface area contributed by atoms with Crippen LogP contribution in [-0.2, 0) is 0 Å². The van der Waals surface area contributed by atoms with Gasteiger partial charge in [0, 0.05) is 13.1 Å². The average molecular weight is 339 g/mol. The van der Waals surface area contributed by atoms with Crippen LogP contribution in [0.2, 0.25) is 0 Å². The van der Waals surface area contributed by atoms with Crippen LogP contribution < -0.4 is 15.0 Å². The highest BCUT2D eigenvalue weighted by Gasteiger charge is 2.17. The summed E-state index contributed by atoms with van der Waals surface area (Å²) in [4.78, 5) is 19.2. The number of anilines is 2. The maximum atomic E-state index is 12.5. The Hall–Kier alpha value is -2.56. The smallest absolute Gasteiger partial charge is 0.274 e. The molecule has 1 unspecified atom stereocenters. The largest absolute Gasteiger partial charge is 0.495 e. The summed E-state index contributed by atoms with van der Waals surface area (Å²) in [5, 5.41) is 2.88. The van der Waals surface area contributed by atoms with Crippen LogP contribution in [0.3, 0.4) is 0 Å². The summed E-state index contributed by atoms with van der Waals surface area (Å²) in [6.07, 6.45) is 4.28. The molecule has 2 heterocycles. The number of ether oxygens (including phenoxy) is 1. The first-order chi connectivity index (χ1) is 12.1. The van der Waals surface area contributed by atoms with Gasteiger partial charge in [-0.15, -0.1) is 0 Å². The van der Waals surface area contributed by atoms with Crippen molar-refractivity contribution in [1.29, 1.82) is 0 Å². The van der Waals surface area contributed by atoms with Crippen LogP contribution in [-0.4, -0.2) is 31.1 Å². The minimum Gasteiger partial charge on any atom is -0.495 e. The Morgan fingerprint density at radius 3 is 2.84 bits per heavy atom. The number of piperidine rings is 1. The SMILES string of the molecule is COc1ccc(C)cc1NC(=O)c1ccc(N2CCCC(C)C2)cn1. The predicted octanol–water partition coefficient (Wildman–Crippen LogP) is 3.89. The molecule has 25 heavy (non-hydrogen) atoms. The molecule has 1 atom stereocenters. The number of hydrogen-bond acceptors (Lipinski definition) is 4. The van der Waals surface area contributed by atoms with E-state index in [0.29, 0.717) is 23.0 Å². The lowest BCUT2D eigenvalue weighted by atomic mass is 10.00. The normalized spacial score (nSPS) is 17.2. The second-order valence-corrected chi connectivity index (χ2v) is 6.75. The van der Waals surface area contributed by atoms with E-state index in [2.05, 4.69) is 22.1 Å². The zero-order chi connectivity index (χ0) is 17.8. The third-order valence-corrected chi connectivity index (χ3v) is 4.61. The van der Waals surface area contributed by atoms with Crippen molar-refractivity contribution in [2.24, 2.45) is 5.92 Å². The molecule has 2 aromatic rings. The van der Waals surface area contributed by atoms with E-state index in [0.717, 1.165) is 24.3 Å². The number of hydrogen-bond donors (Lipinski definition) is 1. The second-order valence-electron chi connectivity index (χ2n) is 6.75. The Labute approximate surface area is 149 Å². The number of pyridine rings is 1. The first kappa shape index (κ1) is 17.3. The molecular weight excluding hydrogens is 314 g/mol. The van der Waals surface area contributed by atoms with E-state index < -0.39 is 0 Å². The molecule has 1 aromatic carbocycles. The quantitative estimate of drug-likeness (QED) is 0.918. The highest BCUT2D eigenvalue weighted by atomic mass is 16.5. The van der Waals surface area contributed by atoms with Gasteiger partial charge in [0.05, 0.1) is 24.7 Å². The van der Waals surface area contributed by atoms with Crippen molar-refractivity contribution in [3.8, 4) is 5.75 Å². The molecule has 0 aliphatic carbocycles. The maximum absolute atomic E-state index is 12.5. The van der Waals surface area contributed by atoms with Crippen molar-refractivity contribution >= 4 is 17.3 Å². The van der Waals surface area contributed by atoms with E-state index >= 15 is 0 Å². The van der Waals surface area contributed by atoms with Crippen LogP contribution >= 0.6 is 0 Å². The molecule has 0 radical (unpaired) electrons. The minimum absolute atomic E-state index is 0.234. The van der Waals surface area contributed by atoms with Gasteiger partial charge in [0.15, 0.2) is 0 Å². The second kappa shape index (κ2) is 7.55. The molecule has 1 saturated heterocycles. The van der Waals surface area contributed by atoms with Crippen molar-refractivity contribution in [1.82, 2.24) is 4.98 Å². The van der Waals surface area contributed by atoms with E-state index in [4.69, 9.17) is 4.74 Å². The maximum Gasteiger partial charge on any atom is 0.274 e. The van der Waals surface area contributed by atoms with E-state index in [9.17, 15) is 4.79 Å². The molecule has 1 aliphatic rings. The third-order valence-electron chi connectivity index (χ3n) is 4.61. The monoisotopic (exact) mass is 339 g/mol.